The van der Waals surface area contributed by atoms with Crippen LogP contribution in [0, 0.1) is 0 Å². The molecule has 0 aliphatic heterocycles. The van der Waals surface area contributed by atoms with Crippen molar-refractivity contribution in [1.29, 1.82) is 0 Å². The summed E-state index contributed by atoms with van der Waals surface area (Å²) in [6.07, 6.45) is 7.86. The lowest BCUT2D eigenvalue weighted by Gasteiger charge is -2.13. The number of hydrogen-bond donors (Lipinski definition) is 0. The first kappa shape index (κ1) is 18.7. The summed E-state index contributed by atoms with van der Waals surface area (Å²) >= 11 is 0. The number of benzene rings is 1. The molecule has 1 aromatic carbocycles. The second kappa shape index (κ2) is 9.61. The molecule has 25 heavy (non-hydrogen) atoms. The number of imidazole rings is 1. The van der Waals surface area contributed by atoms with Crippen molar-refractivity contribution in [2.45, 2.75) is 38.8 Å². The number of hydrogen-bond acceptors (Lipinski definition) is 4. The average Bonchev–Trinajstić information content (AvgIpc) is 3.04. The maximum atomic E-state index is 12.5. The number of rotatable bonds is 9. The Morgan fingerprint density at radius 3 is 2.48 bits per heavy atom. The Balaban J connectivity index is 2.03. The van der Waals surface area contributed by atoms with Crippen LogP contribution in [0.3, 0.4) is 0 Å². The maximum Gasteiger partial charge on any atom is 0.364 e. The number of aromatic nitrogens is 2. The highest BCUT2D eigenvalue weighted by atomic mass is 16.6. The van der Waals surface area contributed by atoms with E-state index in [9.17, 15) is 9.59 Å². The molecule has 0 bridgehead atoms. The Hall–Kier alpha value is -2.63. The Kier molecular flexibility index (Phi) is 7.19. The summed E-state index contributed by atoms with van der Waals surface area (Å²) in [4.78, 5) is 24.9. The number of unbranched alkanes of at least 4 members (excludes halogenated alkanes) is 2. The number of aryl methyl sites for hydroxylation is 1. The van der Waals surface area contributed by atoms with Gasteiger partial charge in [0.25, 0.3) is 6.04 Å². The van der Waals surface area contributed by atoms with E-state index in [1.807, 2.05) is 37.4 Å². The molecule has 0 aliphatic carbocycles. The Morgan fingerprint density at radius 1 is 1.12 bits per heavy atom. The van der Waals surface area contributed by atoms with Crippen LogP contribution in [0.25, 0.3) is 0 Å². The van der Waals surface area contributed by atoms with Crippen LogP contribution in [0.4, 0.5) is 0 Å². The summed E-state index contributed by atoms with van der Waals surface area (Å²) < 4.78 is 13.9. The number of ether oxygens (including phenoxy) is 2. The molecule has 0 N–H and O–H groups in total. The van der Waals surface area contributed by atoms with E-state index in [2.05, 4.69) is 6.92 Å². The lowest BCUT2D eigenvalue weighted by atomic mass is 10.2. The normalized spacial score (nSPS) is 11.8. The van der Waals surface area contributed by atoms with Gasteiger partial charge in [-0.15, -0.1) is 0 Å². The monoisotopic (exact) mass is 345 g/mol. The van der Waals surface area contributed by atoms with Gasteiger partial charge in [-0.2, -0.15) is 0 Å². The van der Waals surface area contributed by atoms with Crippen LogP contribution in [0.2, 0.25) is 0 Å². The first-order chi connectivity index (χ1) is 12.1. The van der Waals surface area contributed by atoms with Crippen molar-refractivity contribution in [3.05, 3.63) is 54.6 Å². The smallest absolute Gasteiger partial charge is 0.364 e. The van der Waals surface area contributed by atoms with Crippen molar-refractivity contribution in [3.8, 4) is 0 Å². The molecule has 1 atom stereocenters. The van der Waals surface area contributed by atoms with Crippen LogP contribution in [0.1, 0.15) is 37.8 Å². The highest BCUT2D eigenvalue weighted by molar-refractivity contribution is 5.97. The molecular weight excluding hydrogens is 320 g/mol. The van der Waals surface area contributed by atoms with Crippen LogP contribution >= 0.6 is 0 Å². The van der Waals surface area contributed by atoms with E-state index >= 15 is 0 Å². The van der Waals surface area contributed by atoms with Gasteiger partial charge in [0, 0.05) is 0 Å². The van der Waals surface area contributed by atoms with Gasteiger partial charge in [-0.1, -0.05) is 50.1 Å². The predicted molar refractivity (Wildman–Crippen MR) is 91.4 cm³/mol. The number of esters is 2. The fraction of sp³-hybridized carbons (Fsp3) is 0.421. The molecule has 0 radical (unpaired) electrons. The summed E-state index contributed by atoms with van der Waals surface area (Å²) in [7, 11) is 1.81. The third-order valence-electron chi connectivity index (χ3n) is 3.75. The third kappa shape index (κ3) is 5.74. The standard InChI is InChI=1S/C19H25N2O4/c1-3-4-8-13-24-18(22)17(21-12-11-20(2)15-21)19(23)25-14-16-9-6-5-7-10-16/h5-7,9-12,15,17H,3-4,8,13-14H2,1-2H3/q+1/t17-/m0/s1. The molecule has 0 saturated heterocycles. The van der Waals surface area contributed by atoms with E-state index in [4.69, 9.17) is 9.47 Å². The summed E-state index contributed by atoms with van der Waals surface area (Å²) in [5.41, 5.74) is 0.865. The molecule has 2 aromatic rings. The molecule has 6 heteroatoms. The molecule has 0 amide bonds. The SMILES string of the molecule is CCCCCOC(=O)[C@@H](C(=O)OCc1ccccc1)n1cc[n+](C)c1. The Labute approximate surface area is 148 Å². The average molecular weight is 345 g/mol. The largest absolute Gasteiger partial charge is 0.462 e. The van der Waals surface area contributed by atoms with Crippen molar-refractivity contribution in [2.75, 3.05) is 6.61 Å². The first-order valence-electron chi connectivity index (χ1n) is 8.51. The quantitative estimate of drug-likeness (QED) is 0.303. The van der Waals surface area contributed by atoms with E-state index in [-0.39, 0.29) is 6.61 Å². The summed E-state index contributed by atoms with van der Waals surface area (Å²) in [6, 6.07) is 8.22. The molecule has 0 spiro atoms. The van der Waals surface area contributed by atoms with Gasteiger partial charge in [-0.25, -0.2) is 18.7 Å². The van der Waals surface area contributed by atoms with Gasteiger partial charge in [0.2, 0.25) is 6.33 Å². The van der Waals surface area contributed by atoms with Gasteiger partial charge in [0.15, 0.2) is 0 Å². The highest BCUT2D eigenvalue weighted by Crippen LogP contribution is 2.13. The zero-order chi connectivity index (χ0) is 18.1. The van der Waals surface area contributed by atoms with E-state index in [1.165, 1.54) is 4.57 Å². The van der Waals surface area contributed by atoms with Gasteiger partial charge in [0.05, 0.1) is 13.7 Å². The molecule has 0 unspecified atom stereocenters. The summed E-state index contributed by atoms with van der Waals surface area (Å²) in [5.74, 6) is -1.22. The zero-order valence-electron chi connectivity index (χ0n) is 14.8. The molecule has 0 aliphatic rings. The van der Waals surface area contributed by atoms with Crippen molar-refractivity contribution < 1.29 is 23.6 Å². The van der Waals surface area contributed by atoms with Crippen molar-refractivity contribution in [1.82, 2.24) is 4.57 Å². The van der Waals surface area contributed by atoms with Crippen LogP contribution < -0.4 is 4.57 Å². The Bertz CT molecular complexity index is 682. The lowest BCUT2D eigenvalue weighted by molar-refractivity contribution is -0.671. The highest BCUT2D eigenvalue weighted by Gasteiger charge is 2.36. The van der Waals surface area contributed by atoms with Gasteiger partial charge in [0.1, 0.15) is 19.0 Å². The first-order valence-corrected chi connectivity index (χ1v) is 8.51. The molecular formula is C19H25N2O4+. The zero-order valence-corrected chi connectivity index (χ0v) is 14.8. The minimum absolute atomic E-state index is 0.118. The van der Waals surface area contributed by atoms with Gasteiger partial charge < -0.3 is 9.47 Å². The van der Waals surface area contributed by atoms with Crippen LogP contribution in [-0.4, -0.2) is 23.1 Å². The minimum atomic E-state index is -1.13. The molecule has 2 rings (SSSR count). The molecule has 0 fully saturated rings. The van der Waals surface area contributed by atoms with Gasteiger partial charge in [-0.3, -0.25) is 0 Å². The number of carbonyl (C=O) groups excluding carboxylic acids is 2. The summed E-state index contributed by atoms with van der Waals surface area (Å²) in [5, 5.41) is 0. The van der Waals surface area contributed by atoms with Crippen molar-refractivity contribution in [3.63, 3.8) is 0 Å². The topological polar surface area (TPSA) is 61.4 Å². The molecule has 134 valence electrons. The lowest BCUT2D eigenvalue weighted by Crippen LogP contribution is -2.32. The maximum absolute atomic E-state index is 12.5. The number of carbonyl (C=O) groups is 2. The molecule has 1 heterocycles. The number of nitrogens with zero attached hydrogens (tertiary/aromatic N) is 2. The van der Waals surface area contributed by atoms with Crippen LogP contribution in [0.15, 0.2) is 49.1 Å². The third-order valence-corrected chi connectivity index (χ3v) is 3.75. The van der Waals surface area contributed by atoms with Crippen LogP contribution in [-0.2, 0) is 32.7 Å². The predicted octanol–water partition coefficient (Wildman–Crippen LogP) is 2.33. The van der Waals surface area contributed by atoms with Gasteiger partial charge in [-0.05, 0) is 12.0 Å². The molecule has 0 saturated carbocycles. The second-order valence-corrected chi connectivity index (χ2v) is 5.90. The fourth-order valence-electron chi connectivity index (χ4n) is 2.37. The van der Waals surface area contributed by atoms with E-state index in [1.54, 1.807) is 23.3 Å². The fourth-order valence-corrected chi connectivity index (χ4v) is 2.37. The van der Waals surface area contributed by atoms with E-state index < -0.39 is 18.0 Å². The molecule has 6 nitrogen and oxygen atoms in total. The molecule has 1 aromatic heterocycles. The van der Waals surface area contributed by atoms with E-state index in [0.29, 0.717) is 6.61 Å². The summed E-state index contributed by atoms with van der Waals surface area (Å²) in [6.45, 7) is 2.50. The van der Waals surface area contributed by atoms with Crippen molar-refractivity contribution in [2.24, 2.45) is 7.05 Å². The minimum Gasteiger partial charge on any atom is -0.462 e. The second-order valence-electron chi connectivity index (χ2n) is 5.90. The van der Waals surface area contributed by atoms with Crippen molar-refractivity contribution >= 4 is 11.9 Å². The van der Waals surface area contributed by atoms with Gasteiger partial charge >= 0.3 is 11.9 Å². The van der Waals surface area contributed by atoms with Crippen LogP contribution in [0.5, 0.6) is 0 Å². The van der Waals surface area contributed by atoms with E-state index in [0.717, 1.165) is 24.8 Å². The Morgan fingerprint density at radius 2 is 1.84 bits per heavy atom.